The Bertz CT molecular complexity index is 564. The van der Waals surface area contributed by atoms with E-state index in [0.29, 0.717) is 18.3 Å². The van der Waals surface area contributed by atoms with Crippen LogP contribution >= 0.6 is 0 Å². The third kappa shape index (κ3) is 2.29. The van der Waals surface area contributed by atoms with Gasteiger partial charge in [-0.25, -0.2) is 0 Å². The molecule has 0 spiro atoms. The number of fused-ring (bicyclic) bond motifs is 3. The van der Waals surface area contributed by atoms with Crippen LogP contribution in [0, 0.1) is 30.1 Å². The van der Waals surface area contributed by atoms with Gasteiger partial charge in [0.25, 0.3) is 0 Å². The number of aryl methyl sites for hydroxylation is 2. The summed E-state index contributed by atoms with van der Waals surface area (Å²) in [5.74, 6) is 2.00. The first kappa shape index (κ1) is 13.4. The molecule has 1 fully saturated rings. The maximum atomic E-state index is 8.89. The molecule has 2 aliphatic rings. The molecule has 0 aliphatic heterocycles. The molecule has 1 aromatic carbocycles. The van der Waals surface area contributed by atoms with Crippen molar-refractivity contribution in [2.24, 2.45) is 11.8 Å². The average molecular weight is 265 g/mol. The minimum absolute atomic E-state index is 0.572. The van der Waals surface area contributed by atoms with Gasteiger partial charge in [-0.2, -0.15) is 5.26 Å². The molecule has 0 aromatic heterocycles. The fraction of sp³-hybridized carbons (Fsp3) is 0.526. The first-order chi connectivity index (χ1) is 9.70. The summed E-state index contributed by atoms with van der Waals surface area (Å²) < 4.78 is 0. The minimum Gasteiger partial charge on any atom is -0.198 e. The fourth-order valence-electron chi connectivity index (χ4n) is 4.39. The summed E-state index contributed by atoms with van der Waals surface area (Å²) in [5, 5.41) is 8.89. The van der Waals surface area contributed by atoms with Crippen molar-refractivity contribution in [2.75, 3.05) is 0 Å². The van der Waals surface area contributed by atoms with Crippen LogP contribution in [0.1, 0.15) is 54.7 Å². The lowest BCUT2D eigenvalue weighted by atomic mass is 9.61. The molecule has 1 heteroatoms. The largest absolute Gasteiger partial charge is 0.198 e. The summed E-state index contributed by atoms with van der Waals surface area (Å²) in [6.45, 7) is 6.49. The molecule has 1 nitrogen and oxygen atoms in total. The lowest BCUT2D eigenvalue weighted by Gasteiger charge is -2.43. The van der Waals surface area contributed by atoms with Crippen molar-refractivity contribution in [2.45, 2.75) is 51.4 Å². The van der Waals surface area contributed by atoms with Crippen molar-refractivity contribution in [1.29, 1.82) is 5.26 Å². The zero-order chi connectivity index (χ0) is 14.1. The average Bonchev–Trinajstić information content (AvgIpc) is 2.45. The van der Waals surface area contributed by atoms with Gasteiger partial charge in [0, 0.05) is 6.42 Å². The second kappa shape index (κ2) is 5.44. The Morgan fingerprint density at radius 1 is 1.30 bits per heavy atom. The van der Waals surface area contributed by atoms with Gasteiger partial charge in [0.2, 0.25) is 0 Å². The van der Waals surface area contributed by atoms with E-state index in [1.807, 2.05) is 0 Å². The Morgan fingerprint density at radius 3 is 2.95 bits per heavy atom. The van der Waals surface area contributed by atoms with Gasteiger partial charge in [0.1, 0.15) is 0 Å². The minimum atomic E-state index is 0.572. The van der Waals surface area contributed by atoms with E-state index in [-0.39, 0.29) is 0 Å². The van der Waals surface area contributed by atoms with E-state index in [1.54, 1.807) is 11.1 Å². The zero-order valence-corrected chi connectivity index (χ0v) is 12.4. The summed E-state index contributed by atoms with van der Waals surface area (Å²) >= 11 is 0. The van der Waals surface area contributed by atoms with Crippen molar-refractivity contribution in [3.8, 4) is 6.07 Å². The third-order valence-electron chi connectivity index (χ3n) is 5.35. The van der Waals surface area contributed by atoms with E-state index in [1.165, 1.54) is 30.4 Å². The molecule has 20 heavy (non-hydrogen) atoms. The molecule has 0 N–H and O–H groups in total. The normalized spacial score (nSPS) is 28.4. The molecule has 0 saturated heterocycles. The number of nitriles is 1. The van der Waals surface area contributed by atoms with Crippen LogP contribution in [0.25, 0.3) is 0 Å². The maximum Gasteiger partial charge on any atom is 0.0621 e. The summed E-state index contributed by atoms with van der Waals surface area (Å²) in [5.41, 5.74) is 5.93. The van der Waals surface area contributed by atoms with E-state index >= 15 is 0 Å². The summed E-state index contributed by atoms with van der Waals surface area (Å²) in [6.07, 6.45) is 6.56. The van der Waals surface area contributed by atoms with E-state index in [9.17, 15) is 0 Å². The summed E-state index contributed by atoms with van der Waals surface area (Å²) in [7, 11) is 0. The number of rotatable bonds is 2. The Hall–Kier alpha value is -1.55. The van der Waals surface area contributed by atoms with Crippen molar-refractivity contribution < 1.29 is 0 Å². The van der Waals surface area contributed by atoms with Gasteiger partial charge < -0.3 is 0 Å². The predicted molar refractivity (Wildman–Crippen MR) is 82.4 cm³/mol. The number of benzene rings is 1. The molecule has 104 valence electrons. The van der Waals surface area contributed by atoms with Crippen LogP contribution < -0.4 is 0 Å². The Kier molecular flexibility index (Phi) is 3.66. The second-order valence-corrected chi connectivity index (χ2v) is 6.51. The molecular weight excluding hydrogens is 242 g/mol. The highest BCUT2D eigenvalue weighted by atomic mass is 14.4. The number of hydrogen-bond donors (Lipinski definition) is 0. The summed E-state index contributed by atoms with van der Waals surface area (Å²) in [6, 6.07) is 9.31. The highest BCUT2D eigenvalue weighted by Crippen LogP contribution is 2.50. The predicted octanol–water partition coefficient (Wildman–Crippen LogP) is 4.91. The standard InChI is InChI=1S/C19H23N/c1-13-5-8-17-15(12-13)7-10-18-16(4-3-11-20)14(2)6-9-19(17)18/h5,8,12,16,18-19H,2-4,6-7,9-10H2,1H3. The molecule has 1 saturated carbocycles. The van der Waals surface area contributed by atoms with Crippen LogP contribution in [-0.4, -0.2) is 0 Å². The van der Waals surface area contributed by atoms with Crippen molar-refractivity contribution in [3.05, 3.63) is 47.0 Å². The maximum absolute atomic E-state index is 8.89. The molecule has 2 aliphatic carbocycles. The van der Waals surface area contributed by atoms with Gasteiger partial charge in [-0.05, 0) is 67.9 Å². The van der Waals surface area contributed by atoms with Crippen molar-refractivity contribution in [3.63, 3.8) is 0 Å². The highest BCUT2D eigenvalue weighted by Gasteiger charge is 2.38. The van der Waals surface area contributed by atoms with Crippen LogP contribution in [-0.2, 0) is 6.42 Å². The Morgan fingerprint density at radius 2 is 2.15 bits per heavy atom. The number of nitrogens with zero attached hydrogens (tertiary/aromatic N) is 1. The second-order valence-electron chi connectivity index (χ2n) is 6.51. The van der Waals surface area contributed by atoms with E-state index in [2.05, 4.69) is 37.8 Å². The van der Waals surface area contributed by atoms with Gasteiger partial charge in [0.05, 0.1) is 6.07 Å². The van der Waals surface area contributed by atoms with Gasteiger partial charge in [-0.3, -0.25) is 0 Å². The number of allylic oxidation sites excluding steroid dienone is 1. The van der Waals surface area contributed by atoms with Crippen LogP contribution in [0.3, 0.4) is 0 Å². The van der Waals surface area contributed by atoms with E-state index in [0.717, 1.165) is 18.8 Å². The van der Waals surface area contributed by atoms with Crippen LogP contribution in [0.2, 0.25) is 0 Å². The van der Waals surface area contributed by atoms with E-state index < -0.39 is 0 Å². The molecule has 0 radical (unpaired) electrons. The smallest absolute Gasteiger partial charge is 0.0621 e. The Balaban J connectivity index is 1.90. The van der Waals surface area contributed by atoms with Crippen molar-refractivity contribution >= 4 is 0 Å². The lowest BCUT2D eigenvalue weighted by molar-refractivity contribution is 0.224. The van der Waals surface area contributed by atoms with Crippen LogP contribution in [0.5, 0.6) is 0 Å². The molecular formula is C19H23N. The molecule has 0 amide bonds. The van der Waals surface area contributed by atoms with E-state index in [4.69, 9.17) is 5.26 Å². The Labute approximate surface area is 122 Å². The monoisotopic (exact) mass is 265 g/mol. The fourth-order valence-corrected chi connectivity index (χ4v) is 4.39. The highest BCUT2D eigenvalue weighted by molar-refractivity contribution is 5.38. The SMILES string of the molecule is C=C1CCC2c3ccc(C)cc3CCC2C1CCC#N. The quantitative estimate of drug-likeness (QED) is 0.697. The van der Waals surface area contributed by atoms with Gasteiger partial charge in [0.15, 0.2) is 0 Å². The molecule has 3 unspecified atom stereocenters. The molecule has 0 heterocycles. The third-order valence-corrected chi connectivity index (χ3v) is 5.35. The molecule has 1 aromatic rings. The molecule has 0 bridgehead atoms. The van der Waals surface area contributed by atoms with Gasteiger partial charge in [-0.15, -0.1) is 0 Å². The number of hydrogen-bond acceptors (Lipinski definition) is 1. The first-order valence-corrected chi connectivity index (χ1v) is 7.84. The van der Waals surface area contributed by atoms with Gasteiger partial charge >= 0.3 is 0 Å². The van der Waals surface area contributed by atoms with Crippen LogP contribution in [0.4, 0.5) is 0 Å². The molecule has 3 atom stereocenters. The first-order valence-electron chi connectivity index (χ1n) is 7.84. The topological polar surface area (TPSA) is 23.8 Å². The summed E-state index contributed by atoms with van der Waals surface area (Å²) in [4.78, 5) is 0. The lowest BCUT2D eigenvalue weighted by Crippen LogP contribution is -2.32. The van der Waals surface area contributed by atoms with Crippen LogP contribution in [0.15, 0.2) is 30.4 Å². The van der Waals surface area contributed by atoms with Crippen molar-refractivity contribution in [1.82, 2.24) is 0 Å². The van der Waals surface area contributed by atoms with Gasteiger partial charge in [-0.1, -0.05) is 35.9 Å². The zero-order valence-electron chi connectivity index (χ0n) is 12.4. The molecule has 3 rings (SSSR count).